The van der Waals surface area contributed by atoms with E-state index in [1.165, 1.54) is 20.3 Å². The number of carbonyl (C=O) groups is 1. The molecule has 0 saturated carbocycles. The van der Waals surface area contributed by atoms with E-state index < -0.39 is 17.7 Å². The maximum Gasteiger partial charge on any atom is 0.349 e. The summed E-state index contributed by atoms with van der Waals surface area (Å²) < 4.78 is 22.1. The fourth-order valence-corrected chi connectivity index (χ4v) is 2.92. The van der Waals surface area contributed by atoms with Gasteiger partial charge in [-0.3, -0.25) is 0 Å². The first-order chi connectivity index (χ1) is 14.5. The van der Waals surface area contributed by atoms with Crippen LogP contribution in [0.4, 0.5) is 0 Å². The first-order valence-electron chi connectivity index (χ1n) is 9.12. The summed E-state index contributed by atoms with van der Waals surface area (Å²) in [4.78, 5) is 20.5. The molecule has 30 heavy (non-hydrogen) atoms. The van der Waals surface area contributed by atoms with Crippen molar-refractivity contribution in [1.29, 1.82) is 0 Å². The van der Waals surface area contributed by atoms with Gasteiger partial charge in [0.05, 0.1) is 20.3 Å². The largest absolute Gasteiger partial charge is 0.481 e. The molecule has 8 heteroatoms. The van der Waals surface area contributed by atoms with E-state index in [4.69, 9.17) is 18.9 Å². The molecular weight excluding hydrogens is 388 g/mol. The zero-order chi connectivity index (χ0) is 21.6. The van der Waals surface area contributed by atoms with Crippen LogP contribution in [0.25, 0.3) is 0 Å². The van der Waals surface area contributed by atoms with Crippen LogP contribution in [0.2, 0.25) is 0 Å². The lowest BCUT2D eigenvalue weighted by atomic mass is 9.89. The van der Waals surface area contributed by atoms with E-state index in [9.17, 15) is 9.90 Å². The van der Waals surface area contributed by atoms with Crippen molar-refractivity contribution in [3.8, 4) is 23.5 Å². The van der Waals surface area contributed by atoms with E-state index >= 15 is 0 Å². The summed E-state index contributed by atoms with van der Waals surface area (Å²) in [5.41, 5.74) is -0.801. The number of benzene rings is 2. The summed E-state index contributed by atoms with van der Waals surface area (Å²) in [5.74, 6) is -0.414. The number of methoxy groups -OCH3 is 2. The zero-order valence-corrected chi connectivity index (χ0v) is 16.8. The van der Waals surface area contributed by atoms with E-state index in [1.54, 1.807) is 55.5 Å². The van der Waals surface area contributed by atoms with Gasteiger partial charge in [-0.05, 0) is 24.6 Å². The Labute approximate surface area is 174 Å². The first kappa shape index (κ1) is 20.9. The Morgan fingerprint density at radius 2 is 1.47 bits per heavy atom. The molecule has 0 saturated heterocycles. The number of aromatic nitrogens is 2. The standard InChI is InChI=1S/C22H22N2O6/c1-22(15-10-6-4-7-11-15,30-16-12-8-5-9-13-16)19(20(25)26)29-21-23-17(27-2)14-18(24-21)28-3/h4-14,19H,1-3H3,(H,25,26)/t19-,22?/m1/s1. The third kappa shape index (κ3) is 4.60. The number of carboxylic acids is 1. The molecule has 2 aromatic carbocycles. The molecule has 0 spiro atoms. The molecule has 0 aliphatic carbocycles. The molecule has 0 fully saturated rings. The van der Waals surface area contributed by atoms with Gasteiger partial charge in [-0.2, -0.15) is 9.97 Å². The van der Waals surface area contributed by atoms with Crippen LogP contribution in [-0.2, 0) is 10.4 Å². The molecule has 0 aliphatic rings. The number of para-hydroxylation sites is 1. The fraction of sp³-hybridized carbons (Fsp3) is 0.227. The summed E-state index contributed by atoms with van der Waals surface area (Å²) in [5, 5.41) is 10.0. The number of rotatable bonds is 9. The minimum Gasteiger partial charge on any atom is -0.481 e. The summed E-state index contributed by atoms with van der Waals surface area (Å²) in [6, 6.07) is 19.1. The lowest BCUT2D eigenvalue weighted by Gasteiger charge is -2.35. The predicted octanol–water partition coefficient (Wildman–Crippen LogP) is 3.32. The van der Waals surface area contributed by atoms with E-state index in [2.05, 4.69) is 9.97 Å². The highest BCUT2D eigenvalue weighted by Gasteiger charge is 2.46. The number of nitrogens with zero attached hydrogens (tertiary/aromatic N) is 2. The number of hydrogen-bond donors (Lipinski definition) is 1. The van der Waals surface area contributed by atoms with Crippen LogP contribution >= 0.6 is 0 Å². The van der Waals surface area contributed by atoms with Gasteiger partial charge in [0.25, 0.3) is 0 Å². The Bertz CT molecular complexity index is 961. The molecule has 0 radical (unpaired) electrons. The molecule has 1 N–H and O–H groups in total. The van der Waals surface area contributed by atoms with Gasteiger partial charge in [-0.1, -0.05) is 48.5 Å². The van der Waals surface area contributed by atoms with Crippen molar-refractivity contribution in [2.75, 3.05) is 14.2 Å². The van der Waals surface area contributed by atoms with Gasteiger partial charge >= 0.3 is 12.0 Å². The maximum atomic E-state index is 12.3. The van der Waals surface area contributed by atoms with Gasteiger partial charge < -0.3 is 24.1 Å². The molecule has 1 heterocycles. The van der Waals surface area contributed by atoms with E-state index in [1.807, 2.05) is 12.1 Å². The average molecular weight is 410 g/mol. The van der Waals surface area contributed by atoms with Crippen molar-refractivity contribution in [2.45, 2.75) is 18.6 Å². The Kier molecular flexibility index (Phi) is 6.36. The molecular formula is C22H22N2O6. The smallest absolute Gasteiger partial charge is 0.349 e. The molecule has 3 aromatic rings. The fourth-order valence-electron chi connectivity index (χ4n) is 2.92. The summed E-state index contributed by atoms with van der Waals surface area (Å²) in [7, 11) is 2.85. The van der Waals surface area contributed by atoms with Gasteiger partial charge in [0, 0.05) is 0 Å². The second-order valence-corrected chi connectivity index (χ2v) is 6.46. The van der Waals surface area contributed by atoms with Gasteiger partial charge in [0.15, 0.2) is 5.60 Å². The van der Waals surface area contributed by atoms with Crippen molar-refractivity contribution < 1.29 is 28.8 Å². The summed E-state index contributed by atoms with van der Waals surface area (Å²) in [6.45, 7) is 1.64. The SMILES string of the molecule is COc1cc(OC)nc(O[C@H](C(=O)O)C(C)(Oc2ccccc2)c2ccccc2)n1. The Hall–Kier alpha value is -3.81. The lowest BCUT2D eigenvalue weighted by Crippen LogP contribution is -2.50. The number of hydrogen-bond acceptors (Lipinski definition) is 7. The Morgan fingerprint density at radius 3 is 1.97 bits per heavy atom. The molecule has 1 aromatic heterocycles. The molecule has 0 aliphatic heterocycles. The van der Waals surface area contributed by atoms with Crippen molar-refractivity contribution in [3.63, 3.8) is 0 Å². The lowest BCUT2D eigenvalue weighted by molar-refractivity contribution is -0.157. The zero-order valence-electron chi connectivity index (χ0n) is 16.8. The molecule has 3 rings (SSSR count). The van der Waals surface area contributed by atoms with Crippen LogP contribution in [-0.4, -0.2) is 41.4 Å². The van der Waals surface area contributed by atoms with Crippen LogP contribution in [0, 0.1) is 0 Å². The topological polar surface area (TPSA) is 100 Å². The third-order valence-corrected chi connectivity index (χ3v) is 4.44. The Morgan fingerprint density at radius 1 is 0.933 bits per heavy atom. The number of aliphatic carboxylic acids is 1. The third-order valence-electron chi connectivity index (χ3n) is 4.44. The van der Waals surface area contributed by atoms with E-state index in [0.29, 0.717) is 11.3 Å². The van der Waals surface area contributed by atoms with Crippen LogP contribution in [0.15, 0.2) is 66.7 Å². The van der Waals surface area contributed by atoms with Gasteiger partial charge in [-0.25, -0.2) is 4.79 Å². The van der Waals surface area contributed by atoms with Crippen LogP contribution in [0.5, 0.6) is 23.5 Å². The Balaban J connectivity index is 2.05. The highest BCUT2D eigenvalue weighted by atomic mass is 16.6. The maximum absolute atomic E-state index is 12.3. The van der Waals surface area contributed by atoms with Crippen molar-refractivity contribution in [1.82, 2.24) is 9.97 Å². The normalized spacial score (nSPS) is 13.6. The number of carboxylic acid groups (broad SMARTS) is 1. The molecule has 0 amide bonds. The van der Waals surface area contributed by atoms with Crippen molar-refractivity contribution >= 4 is 5.97 Å². The van der Waals surface area contributed by atoms with Crippen molar-refractivity contribution in [2.24, 2.45) is 0 Å². The second kappa shape index (κ2) is 9.13. The molecule has 1 unspecified atom stereocenters. The highest BCUT2D eigenvalue weighted by Crippen LogP contribution is 2.34. The van der Waals surface area contributed by atoms with Gasteiger partial charge in [0.2, 0.25) is 17.9 Å². The number of ether oxygens (including phenoxy) is 4. The molecule has 8 nitrogen and oxygen atoms in total. The van der Waals surface area contributed by atoms with Crippen LogP contribution in [0.3, 0.4) is 0 Å². The minimum absolute atomic E-state index is 0.173. The summed E-state index contributed by atoms with van der Waals surface area (Å²) in [6.07, 6.45) is -1.49. The predicted molar refractivity (Wildman–Crippen MR) is 108 cm³/mol. The van der Waals surface area contributed by atoms with Crippen LogP contribution < -0.4 is 18.9 Å². The second-order valence-electron chi connectivity index (χ2n) is 6.46. The van der Waals surface area contributed by atoms with E-state index in [-0.39, 0.29) is 17.8 Å². The first-order valence-corrected chi connectivity index (χ1v) is 9.12. The monoisotopic (exact) mass is 410 g/mol. The summed E-state index contributed by atoms with van der Waals surface area (Å²) >= 11 is 0. The van der Waals surface area contributed by atoms with Crippen LogP contribution in [0.1, 0.15) is 12.5 Å². The van der Waals surface area contributed by atoms with Gasteiger partial charge in [0.1, 0.15) is 5.75 Å². The average Bonchev–Trinajstić information content (AvgIpc) is 2.78. The molecule has 2 atom stereocenters. The molecule has 0 bridgehead atoms. The van der Waals surface area contributed by atoms with Crippen molar-refractivity contribution in [3.05, 3.63) is 72.3 Å². The minimum atomic E-state index is -1.49. The highest BCUT2D eigenvalue weighted by molar-refractivity contribution is 5.75. The van der Waals surface area contributed by atoms with Gasteiger partial charge in [-0.15, -0.1) is 0 Å². The quantitative estimate of drug-likeness (QED) is 0.573. The van der Waals surface area contributed by atoms with E-state index in [0.717, 1.165) is 0 Å². The molecule has 156 valence electrons.